The van der Waals surface area contributed by atoms with Crippen LogP contribution in [-0.2, 0) is 4.75 Å². The van der Waals surface area contributed by atoms with Gasteiger partial charge in [-0.1, -0.05) is 109 Å². The van der Waals surface area contributed by atoms with Gasteiger partial charge in [-0.25, -0.2) is 4.98 Å². The second-order valence-electron chi connectivity index (χ2n) is 10.8. The summed E-state index contributed by atoms with van der Waals surface area (Å²) in [4.78, 5) is 7.54. The standard InChI is InChI=1S/C38H25N3S/c1-3-13-26(14-4-1)40(27-15-5-2-6-16-27)28-23-24-35-33(25-28)38(42-37-39-34-21-11-12-22-36(34)41(35)37)31-19-9-7-17-29(31)30-18-8-10-20-32(30)38/h1-25H. The largest absolute Gasteiger partial charge is 0.310 e. The number of benzene rings is 6. The molecule has 2 aliphatic rings. The van der Waals surface area contributed by atoms with Crippen LogP contribution in [0.2, 0.25) is 0 Å². The van der Waals surface area contributed by atoms with Crippen molar-refractivity contribution in [3.05, 3.63) is 168 Å². The molecule has 0 radical (unpaired) electrons. The summed E-state index contributed by atoms with van der Waals surface area (Å²) in [5, 5.41) is 1.02. The van der Waals surface area contributed by atoms with Crippen molar-refractivity contribution >= 4 is 39.9 Å². The molecule has 4 heteroatoms. The Labute approximate surface area is 248 Å². The number of nitrogens with zero attached hydrogens (tertiary/aromatic N) is 3. The molecule has 42 heavy (non-hydrogen) atoms. The quantitative estimate of drug-likeness (QED) is 0.216. The third-order valence-electron chi connectivity index (χ3n) is 8.56. The van der Waals surface area contributed by atoms with E-state index in [1.165, 1.54) is 33.5 Å². The van der Waals surface area contributed by atoms with E-state index in [1.807, 2.05) is 11.8 Å². The monoisotopic (exact) mass is 555 g/mol. The lowest BCUT2D eigenvalue weighted by molar-refractivity contribution is 0.812. The molecule has 7 aromatic rings. The summed E-state index contributed by atoms with van der Waals surface area (Å²) >= 11 is 1.87. The highest BCUT2D eigenvalue weighted by Gasteiger charge is 2.50. The Morgan fingerprint density at radius 3 is 1.76 bits per heavy atom. The molecule has 6 aromatic carbocycles. The number of hydrogen-bond donors (Lipinski definition) is 0. The Bertz CT molecular complexity index is 2050. The molecule has 0 N–H and O–H groups in total. The van der Waals surface area contributed by atoms with Crippen molar-refractivity contribution in [2.45, 2.75) is 9.90 Å². The lowest BCUT2D eigenvalue weighted by Crippen LogP contribution is -2.29. The molecule has 0 saturated heterocycles. The van der Waals surface area contributed by atoms with Crippen LogP contribution in [0.15, 0.2) is 157 Å². The van der Waals surface area contributed by atoms with Crippen molar-refractivity contribution in [2.24, 2.45) is 0 Å². The molecule has 0 amide bonds. The third-order valence-corrected chi connectivity index (χ3v) is 9.99. The van der Waals surface area contributed by atoms with Gasteiger partial charge in [-0.15, -0.1) is 0 Å². The summed E-state index contributed by atoms with van der Waals surface area (Å²) in [6, 6.07) is 54.5. The van der Waals surface area contributed by atoms with Gasteiger partial charge in [-0.05, 0) is 76.9 Å². The van der Waals surface area contributed by atoms with Gasteiger partial charge in [0.2, 0.25) is 0 Å². The van der Waals surface area contributed by atoms with E-state index in [0.29, 0.717) is 0 Å². The van der Waals surface area contributed by atoms with E-state index in [-0.39, 0.29) is 0 Å². The van der Waals surface area contributed by atoms with Crippen LogP contribution in [0, 0.1) is 0 Å². The number of hydrogen-bond acceptors (Lipinski definition) is 3. The van der Waals surface area contributed by atoms with E-state index in [9.17, 15) is 0 Å². The minimum Gasteiger partial charge on any atom is -0.310 e. The molecule has 1 aromatic heterocycles. The SMILES string of the molecule is c1ccc(N(c2ccccc2)c2ccc3c(c2)C2(Sc4nc5ccccc5n4-3)c3ccccc3-c3ccccc32)cc1. The zero-order chi connectivity index (χ0) is 27.7. The van der Waals surface area contributed by atoms with Crippen LogP contribution >= 0.6 is 11.8 Å². The molecule has 1 spiro atoms. The first kappa shape index (κ1) is 23.6. The highest BCUT2D eigenvalue weighted by Crippen LogP contribution is 2.64. The Kier molecular flexibility index (Phi) is 5.05. The minimum atomic E-state index is -0.436. The number of aromatic nitrogens is 2. The Morgan fingerprint density at radius 2 is 1.10 bits per heavy atom. The smallest absolute Gasteiger partial charge is 0.175 e. The molecule has 2 heterocycles. The van der Waals surface area contributed by atoms with Crippen molar-refractivity contribution in [3.8, 4) is 16.8 Å². The van der Waals surface area contributed by atoms with Gasteiger partial charge in [-0.3, -0.25) is 4.57 Å². The van der Waals surface area contributed by atoms with Gasteiger partial charge in [-0.2, -0.15) is 0 Å². The lowest BCUT2D eigenvalue weighted by atomic mass is 9.86. The van der Waals surface area contributed by atoms with Gasteiger partial charge in [0, 0.05) is 22.6 Å². The average Bonchev–Trinajstić information content (AvgIpc) is 3.56. The second-order valence-corrected chi connectivity index (χ2v) is 12.0. The number of fused-ring (bicyclic) bond motifs is 11. The van der Waals surface area contributed by atoms with E-state index in [1.54, 1.807) is 0 Å². The maximum Gasteiger partial charge on any atom is 0.175 e. The Hall–Kier alpha value is -5.06. The van der Waals surface area contributed by atoms with Gasteiger partial charge in [0.15, 0.2) is 5.16 Å². The molecule has 0 unspecified atom stereocenters. The van der Waals surface area contributed by atoms with E-state index in [4.69, 9.17) is 4.98 Å². The number of para-hydroxylation sites is 4. The normalized spacial score (nSPS) is 13.8. The van der Waals surface area contributed by atoms with E-state index >= 15 is 0 Å². The van der Waals surface area contributed by atoms with Crippen molar-refractivity contribution in [1.29, 1.82) is 0 Å². The van der Waals surface area contributed by atoms with Gasteiger partial charge in [0.25, 0.3) is 0 Å². The summed E-state index contributed by atoms with van der Waals surface area (Å²) in [6.07, 6.45) is 0. The van der Waals surface area contributed by atoms with Crippen LogP contribution < -0.4 is 4.90 Å². The van der Waals surface area contributed by atoms with Crippen LogP contribution in [0.25, 0.3) is 27.8 Å². The van der Waals surface area contributed by atoms with Gasteiger partial charge in [0.05, 0.1) is 16.7 Å². The number of thioether (sulfide) groups is 1. The summed E-state index contributed by atoms with van der Waals surface area (Å²) < 4.78 is 1.91. The van der Waals surface area contributed by atoms with Gasteiger partial charge < -0.3 is 4.90 Å². The van der Waals surface area contributed by atoms with Crippen molar-refractivity contribution in [1.82, 2.24) is 9.55 Å². The molecular formula is C38H25N3S. The molecular weight excluding hydrogens is 531 g/mol. The first-order valence-electron chi connectivity index (χ1n) is 14.2. The van der Waals surface area contributed by atoms with Crippen LogP contribution in [0.3, 0.4) is 0 Å². The third kappa shape index (κ3) is 3.21. The summed E-state index contributed by atoms with van der Waals surface area (Å²) in [6.45, 7) is 0. The maximum atomic E-state index is 5.19. The maximum absolute atomic E-state index is 5.19. The predicted octanol–water partition coefficient (Wildman–Crippen LogP) is 9.87. The van der Waals surface area contributed by atoms with Crippen molar-refractivity contribution in [3.63, 3.8) is 0 Å². The lowest BCUT2D eigenvalue weighted by Gasteiger charge is -2.38. The fourth-order valence-electron chi connectivity index (χ4n) is 6.83. The molecule has 1 aliphatic carbocycles. The molecule has 9 rings (SSSR count). The highest BCUT2D eigenvalue weighted by molar-refractivity contribution is 8.00. The highest BCUT2D eigenvalue weighted by atomic mass is 32.2. The number of imidazole rings is 1. The van der Waals surface area contributed by atoms with Crippen LogP contribution in [0.4, 0.5) is 17.1 Å². The van der Waals surface area contributed by atoms with Gasteiger partial charge >= 0.3 is 0 Å². The first-order chi connectivity index (χ1) is 20.8. The topological polar surface area (TPSA) is 21.1 Å². The van der Waals surface area contributed by atoms with Crippen molar-refractivity contribution in [2.75, 3.05) is 4.90 Å². The second kappa shape index (κ2) is 8.97. The van der Waals surface area contributed by atoms with Crippen LogP contribution in [-0.4, -0.2) is 9.55 Å². The van der Waals surface area contributed by atoms with Gasteiger partial charge in [0.1, 0.15) is 4.75 Å². The zero-order valence-electron chi connectivity index (χ0n) is 22.7. The minimum absolute atomic E-state index is 0.436. The van der Waals surface area contributed by atoms with Crippen LogP contribution in [0.1, 0.15) is 16.7 Å². The molecule has 198 valence electrons. The fourth-order valence-corrected chi connectivity index (χ4v) is 8.39. The fraction of sp³-hybridized carbons (Fsp3) is 0.0263. The molecule has 3 nitrogen and oxygen atoms in total. The van der Waals surface area contributed by atoms with Crippen LogP contribution in [0.5, 0.6) is 0 Å². The Balaban J connectivity index is 1.38. The summed E-state index contributed by atoms with van der Waals surface area (Å²) in [7, 11) is 0. The van der Waals surface area contributed by atoms with E-state index in [2.05, 4.69) is 161 Å². The Morgan fingerprint density at radius 1 is 0.524 bits per heavy atom. The molecule has 0 fully saturated rings. The number of anilines is 3. The van der Waals surface area contributed by atoms with E-state index in [0.717, 1.165) is 33.3 Å². The number of rotatable bonds is 3. The van der Waals surface area contributed by atoms with E-state index < -0.39 is 4.75 Å². The zero-order valence-corrected chi connectivity index (χ0v) is 23.5. The molecule has 0 saturated carbocycles. The first-order valence-corrected chi connectivity index (χ1v) is 15.1. The molecule has 0 atom stereocenters. The molecule has 1 aliphatic heterocycles. The summed E-state index contributed by atoms with van der Waals surface area (Å²) in [5.74, 6) is 0. The predicted molar refractivity (Wildman–Crippen MR) is 173 cm³/mol. The molecule has 0 bridgehead atoms. The van der Waals surface area contributed by atoms with Crippen molar-refractivity contribution < 1.29 is 0 Å². The average molecular weight is 556 g/mol. The summed E-state index contributed by atoms with van der Waals surface area (Å²) in [5.41, 5.74) is 13.2.